The Morgan fingerprint density at radius 2 is 1.90 bits per heavy atom. The third-order valence-electron chi connectivity index (χ3n) is 4.42. The first-order valence-electron chi connectivity index (χ1n) is 7.07. The first-order chi connectivity index (χ1) is 9.36. The van der Waals surface area contributed by atoms with Crippen molar-refractivity contribution in [2.24, 2.45) is 5.41 Å². The highest BCUT2D eigenvalue weighted by atomic mass is 19.4. The van der Waals surface area contributed by atoms with Crippen LogP contribution < -0.4 is 11.1 Å². The van der Waals surface area contributed by atoms with E-state index in [0.29, 0.717) is 6.54 Å². The standard InChI is InChI=1S/C15H21F3N2/c1-2-14(7-3-4-8-14)10-20-13-6-5-11(19)9-12(13)15(16,17)18/h5-6,9,20H,2-4,7-8,10,19H2,1H3. The van der Waals surface area contributed by atoms with Crippen LogP contribution in [0.2, 0.25) is 0 Å². The number of nitrogens with one attached hydrogen (secondary N) is 1. The van der Waals surface area contributed by atoms with Crippen molar-refractivity contribution in [2.75, 3.05) is 17.6 Å². The maximum absolute atomic E-state index is 13.0. The number of nitrogens with two attached hydrogens (primary N) is 1. The quantitative estimate of drug-likeness (QED) is 0.789. The largest absolute Gasteiger partial charge is 0.418 e. The molecule has 1 aliphatic rings. The van der Waals surface area contributed by atoms with Crippen molar-refractivity contribution in [1.29, 1.82) is 0 Å². The zero-order valence-electron chi connectivity index (χ0n) is 11.7. The van der Waals surface area contributed by atoms with Crippen LogP contribution in [0.1, 0.15) is 44.6 Å². The van der Waals surface area contributed by atoms with E-state index in [9.17, 15) is 13.2 Å². The first kappa shape index (κ1) is 15.0. The van der Waals surface area contributed by atoms with E-state index in [1.807, 2.05) is 0 Å². The number of nitrogen functional groups attached to an aromatic ring is 1. The van der Waals surface area contributed by atoms with Gasteiger partial charge in [0.1, 0.15) is 0 Å². The fraction of sp³-hybridized carbons (Fsp3) is 0.600. The van der Waals surface area contributed by atoms with Crippen molar-refractivity contribution in [2.45, 2.75) is 45.2 Å². The van der Waals surface area contributed by atoms with Crippen LogP contribution >= 0.6 is 0 Å². The molecule has 0 amide bonds. The lowest BCUT2D eigenvalue weighted by Crippen LogP contribution is -2.26. The minimum absolute atomic E-state index is 0.131. The van der Waals surface area contributed by atoms with Crippen LogP contribution in [-0.4, -0.2) is 6.54 Å². The van der Waals surface area contributed by atoms with Crippen molar-refractivity contribution in [1.82, 2.24) is 0 Å². The Hall–Kier alpha value is -1.39. The summed E-state index contributed by atoms with van der Waals surface area (Å²) in [6, 6.07) is 3.93. The first-order valence-corrected chi connectivity index (χ1v) is 7.07. The van der Waals surface area contributed by atoms with Gasteiger partial charge in [0.25, 0.3) is 0 Å². The number of rotatable bonds is 4. The fourth-order valence-electron chi connectivity index (χ4n) is 3.01. The van der Waals surface area contributed by atoms with E-state index in [0.717, 1.165) is 25.3 Å². The molecule has 3 N–H and O–H groups in total. The van der Waals surface area contributed by atoms with E-state index < -0.39 is 11.7 Å². The second kappa shape index (κ2) is 5.54. The summed E-state index contributed by atoms with van der Waals surface area (Å²) in [6.07, 6.45) is 1.13. The molecule has 2 nitrogen and oxygen atoms in total. The van der Waals surface area contributed by atoms with E-state index >= 15 is 0 Å². The van der Waals surface area contributed by atoms with Crippen molar-refractivity contribution in [3.8, 4) is 0 Å². The highest BCUT2D eigenvalue weighted by Gasteiger charge is 2.35. The molecule has 2 rings (SSSR count). The Bertz CT molecular complexity index is 463. The fourth-order valence-corrected chi connectivity index (χ4v) is 3.01. The third-order valence-corrected chi connectivity index (χ3v) is 4.42. The highest BCUT2D eigenvalue weighted by molar-refractivity contribution is 5.59. The summed E-state index contributed by atoms with van der Waals surface area (Å²) >= 11 is 0. The van der Waals surface area contributed by atoms with Crippen LogP contribution in [0.15, 0.2) is 18.2 Å². The van der Waals surface area contributed by atoms with Gasteiger partial charge in [-0.2, -0.15) is 13.2 Å². The van der Waals surface area contributed by atoms with Gasteiger partial charge >= 0.3 is 6.18 Å². The molecule has 1 saturated carbocycles. The molecule has 0 aromatic heterocycles. The lowest BCUT2D eigenvalue weighted by atomic mass is 9.83. The number of halogens is 3. The van der Waals surface area contributed by atoms with E-state index in [1.54, 1.807) is 0 Å². The lowest BCUT2D eigenvalue weighted by molar-refractivity contribution is -0.136. The topological polar surface area (TPSA) is 38.0 Å². The summed E-state index contributed by atoms with van der Waals surface area (Å²) < 4.78 is 39.0. The molecule has 0 radical (unpaired) electrons. The summed E-state index contributed by atoms with van der Waals surface area (Å²) in [5, 5.41) is 3.01. The normalized spacial score (nSPS) is 18.2. The molecule has 0 aliphatic heterocycles. The van der Waals surface area contributed by atoms with Crippen LogP contribution in [0, 0.1) is 5.41 Å². The molecule has 0 unspecified atom stereocenters. The minimum atomic E-state index is -4.38. The predicted molar refractivity (Wildman–Crippen MR) is 75.5 cm³/mol. The molecule has 1 aromatic rings. The average Bonchev–Trinajstić information content (AvgIpc) is 2.86. The van der Waals surface area contributed by atoms with Gasteiger partial charge in [0.2, 0.25) is 0 Å². The van der Waals surface area contributed by atoms with Crippen LogP contribution in [0.5, 0.6) is 0 Å². The van der Waals surface area contributed by atoms with E-state index in [2.05, 4.69) is 12.2 Å². The number of hydrogen-bond donors (Lipinski definition) is 2. The Labute approximate surface area is 117 Å². The molecule has 0 atom stereocenters. The molecule has 0 saturated heterocycles. The van der Waals surface area contributed by atoms with Crippen molar-refractivity contribution >= 4 is 11.4 Å². The van der Waals surface area contributed by atoms with Gasteiger partial charge in [-0.1, -0.05) is 19.8 Å². The summed E-state index contributed by atoms with van der Waals surface area (Å²) in [5.74, 6) is 0. The Kier molecular flexibility index (Phi) is 4.16. The van der Waals surface area contributed by atoms with Crippen molar-refractivity contribution < 1.29 is 13.2 Å². The highest BCUT2D eigenvalue weighted by Crippen LogP contribution is 2.42. The molecule has 0 bridgehead atoms. The molecule has 5 heteroatoms. The van der Waals surface area contributed by atoms with Crippen molar-refractivity contribution in [3.63, 3.8) is 0 Å². The van der Waals surface area contributed by atoms with Gasteiger partial charge in [-0.3, -0.25) is 0 Å². The van der Waals surface area contributed by atoms with E-state index in [1.165, 1.54) is 25.0 Å². The molecular formula is C15H21F3N2. The minimum Gasteiger partial charge on any atom is -0.399 e. The van der Waals surface area contributed by atoms with Crippen molar-refractivity contribution in [3.05, 3.63) is 23.8 Å². The second-order valence-corrected chi connectivity index (χ2v) is 5.72. The molecule has 0 heterocycles. The van der Waals surface area contributed by atoms with Crippen LogP contribution in [0.3, 0.4) is 0 Å². The van der Waals surface area contributed by atoms with Crippen LogP contribution in [0.4, 0.5) is 24.5 Å². The zero-order valence-corrected chi connectivity index (χ0v) is 11.7. The maximum atomic E-state index is 13.0. The molecule has 1 aromatic carbocycles. The Morgan fingerprint density at radius 1 is 1.25 bits per heavy atom. The summed E-state index contributed by atoms with van der Waals surface area (Å²) in [7, 11) is 0. The maximum Gasteiger partial charge on any atom is 0.418 e. The molecule has 112 valence electrons. The van der Waals surface area contributed by atoms with Gasteiger partial charge in [-0.25, -0.2) is 0 Å². The van der Waals surface area contributed by atoms with Gasteiger partial charge in [-0.05, 0) is 42.9 Å². The number of anilines is 2. The number of alkyl halides is 3. The van der Waals surface area contributed by atoms with Gasteiger partial charge < -0.3 is 11.1 Å². The van der Waals surface area contributed by atoms with Gasteiger partial charge in [0, 0.05) is 17.9 Å². The Balaban J connectivity index is 2.17. The zero-order chi connectivity index (χ0) is 14.8. The lowest BCUT2D eigenvalue weighted by Gasteiger charge is -2.29. The van der Waals surface area contributed by atoms with Crippen LogP contribution in [-0.2, 0) is 6.18 Å². The SMILES string of the molecule is CCC1(CNc2ccc(N)cc2C(F)(F)F)CCCC1. The van der Waals surface area contributed by atoms with Gasteiger partial charge in [-0.15, -0.1) is 0 Å². The van der Waals surface area contributed by atoms with Crippen LogP contribution in [0.25, 0.3) is 0 Å². The number of benzene rings is 1. The second-order valence-electron chi connectivity index (χ2n) is 5.72. The monoisotopic (exact) mass is 286 g/mol. The van der Waals surface area contributed by atoms with E-state index in [4.69, 9.17) is 5.73 Å². The smallest absolute Gasteiger partial charge is 0.399 e. The summed E-state index contributed by atoms with van der Waals surface area (Å²) in [6.45, 7) is 2.71. The third kappa shape index (κ3) is 3.19. The molecular weight excluding hydrogens is 265 g/mol. The Morgan fingerprint density at radius 3 is 2.45 bits per heavy atom. The number of hydrogen-bond acceptors (Lipinski definition) is 2. The summed E-state index contributed by atoms with van der Waals surface area (Å²) in [4.78, 5) is 0. The molecule has 1 aliphatic carbocycles. The van der Waals surface area contributed by atoms with Gasteiger partial charge in [0.15, 0.2) is 0 Å². The molecule has 0 spiro atoms. The molecule has 1 fully saturated rings. The predicted octanol–water partition coefficient (Wildman–Crippen LogP) is 4.67. The van der Waals surface area contributed by atoms with Gasteiger partial charge in [0.05, 0.1) is 5.56 Å². The summed E-state index contributed by atoms with van der Waals surface area (Å²) in [5.41, 5.74) is 5.20. The average molecular weight is 286 g/mol. The van der Waals surface area contributed by atoms with E-state index in [-0.39, 0.29) is 16.8 Å². The molecule has 20 heavy (non-hydrogen) atoms.